The van der Waals surface area contributed by atoms with E-state index in [0.717, 1.165) is 5.56 Å². The van der Waals surface area contributed by atoms with Gasteiger partial charge in [0.1, 0.15) is 5.75 Å². The van der Waals surface area contributed by atoms with Gasteiger partial charge in [0, 0.05) is 19.1 Å². The van der Waals surface area contributed by atoms with Gasteiger partial charge in [-0.3, -0.25) is 10.1 Å². The number of benzene rings is 1. The maximum absolute atomic E-state index is 10.9. The van der Waals surface area contributed by atoms with Crippen molar-refractivity contribution in [2.24, 2.45) is 0 Å². The largest absolute Gasteiger partial charge is 0.493 e. The number of carbonyl (C=O) groups is 1. The monoisotopic (exact) mass is 283 g/mol. The van der Waals surface area contributed by atoms with Crippen LogP contribution in [0.25, 0.3) is 0 Å². The number of carboxylic acids is 1. The van der Waals surface area contributed by atoms with Crippen molar-refractivity contribution in [1.29, 1.82) is 0 Å². The summed E-state index contributed by atoms with van der Waals surface area (Å²) < 4.78 is 10.5. The molecule has 110 valence electrons. The maximum Gasteiger partial charge on any atom is 0.332 e. The van der Waals surface area contributed by atoms with Crippen molar-refractivity contribution in [3.8, 4) is 5.75 Å². The second-order valence-corrected chi connectivity index (χ2v) is 4.13. The van der Waals surface area contributed by atoms with Crippen LogP contribution >= 0.6 is 0 Å². The van der Waals surface area contributed by atoms with Crippen molar-refractivity contribution in [3.05, 3.63) is 33.9 Å². The normalized spacial score (nSPS) is 11.9. The molecule has 1 unspecified atom stereocenters. The van der Waals surface area contributed by atoms with Gasteiger partial charge >= 0.3 is 5.97 Å². The molecule has 0 aliphatic heterocycles. The highest BCUT2D eigenvalue weighted by Crippen LogP contribution is 2.24. The molecule has 1 aromatic rings. The Labute approximate surface area is 116 Å². The van der Waals surface area contributed by atoms with E-state index in [1.165, 1.54) is 12.1 Å². The molecule has 0 spiro atoms. The van der Waals surface area contributed by atoms with E-state index in [-0.39, 0.29) is 18.7 Å². The summed E-state index contributed by atoms with van der Waals surface area (Å²) in [6.45, 7) is 3.88. The minimum atomic E-state index is -1.05. The van der Waals surface area contributed by atoms with Gasteiger partial charge in [-0.25, -0.2) is 4.79 Å². The van der Waals surface area contributed by atoms with Crippen molar-refractivity contribution in [2.45, 2.75) is 26.4 Å². The topological polar surface area (TPSA) is 98.9 Å². The molecule has 0 amide bonds. The summed E-state index contributed by atoms with van der Waals surface area (Å²) in [4.78, 5) is 21.0. The van der Waals surface area contributed by atoms with Crippen LogP contribution in [0.15, 0.2) is 18.2 Å². The Kier molecular flexibility index (Phi) is 5.92. The smallest absolute Gasteiger partial charge is 0.332 e. The molecular weight excluding hydrogens is 266 g/mol. The Morgan fingerprint density at radius 3 is 2.75 bits per heavy atom. The van der Waals surface area contributed by atoms with E-state index in [9.17, 15) is 14.9 Å². The van der Waals surface area contributed by atoms with Crippen LogP contribution in [0.5, 0.6) is 5.75 Å². The number of nitro benzene ring substituents is 1. The molecule has 1 atom stereocenters. The number of aliphatic carboxylic acids is 1. The van der Waals surface area contributed by atoms with Gasteiger partial charge in [0.25, 0.3) is 5.69 Å². The average Bonchev–Trinajstić information content (AvgIpc) is 2.39. The molecule has 1 aromatic carbocycles. The van der Waals surface area contributed by atoms with Gasteiger partial charge in [-0.1, -0.05) is 0 Å². The van der Waals surface area contributed by atoms with Crippen molar-refractivity contribution in [1.82, 2.24) is 0 Å². The fourth-order valence-corrected chi connectivity index (χ4v) is 1.61. The summed E-state index contributed by atoms with van der Waals surface area (Å²) >= 11 is 0. The van der Waals surface area contributed by atoms with Crippen LogP contribution in [0.2, 0.25) is 0 Å². The van der Waals surface area contributed by atoms with Gasteiger partial charge in [-0.05, 0) is 25.5 Å². The molecule has 0 aliphatic carbocycles. The van der Waals surface area contributed by atoms with E-state index in [0.29, 0.717) is 12.4 Å². The molecule has 0 radical (unpaired) electrons. The number of nitro groups is 1. The first-order valence-corrected chi connectivity index (χ1v) is 6.18. The van der Waals surface area contributed by atoms with Gasteiger partial charge in [0.15, 0.2) is 6.10 Å². The second kappa shape index (κ2) is 7.44. The molecule has 7 nitrogen and oxygen atoms in total. The Morgan fingerprint density at radius 2 is 2.20 bits per heavy atom. The highest BCUT2D eigenvalue weighted by Gasteiger charge is 2.17. The fourth-order valence-electron chi connectivity index (χ4n) is 1.61. The molecule has 0 aromatic heterocycles. The van der Waals surface area contributed by atoms with Crippen molar-refractivity contribution in [2.75, 3.05) is 13.2 Å². The number of nitrogens with zero attached hydrogens (tertiary/aromatic N) is 1. The van der Waals surface area contributed by atoms with Crippen LogP contribution in [-0.2, 0) is 9.53 Å². The molecule has 1 rings (SSSR count). The molecule has 7 heteroatoms. The van der Waals surface area contributed by atoms with Gasteiger partial charge in [0.2, 0.25) is 0 Å². The molecule has 20 heavy (non-hydrogen) atoms. The lowest BCUT2D eigenvalue weighted by atomic mass is 10.2. The molecule has 0 saturated heterocycles. The first-order valence-electron chi connectivity index (χ1n) is 6.18. The Bertz CT molecular complexity index is 488. The fraction of sp³-hybridized carbons (Fsp3) is 0.462. The standard InChI is InChI=1S/C13H17NO6/c1-3-19-11(13(15)16)6-7-20-12-8-10(14(17)18)5-4-9(12)2/h4-5,8,11H,3,6-7H2,1-2H3,(H,15,16). The summed E-state index contributed by atoms with van der Waals surface area (Å²) in [5.41, 5.74) is 0.684. The summed E-state index contributed by atoms with van der Waals surface area (Å²) in [7, 11) is 0. The zero-order valence-electron chi connectivity index (χ0n) is 11.4. The SMILES string of the molecule is CCOC(CCOc1cc([N+](=O)[O-])ccc1C)C(=O)O. The summed E-state index contributed by atoms with van der Waals surface area (Å²) in [5, 5.41) is 19.6. The van der Waals surface area contributed by atoms with Gasteiger partial charge in [-0.15, -0.1) is 0 Å². The Balaban J connectivity index is 2.63. The molecule has 1 N–H and O–H groups in total. The predicted octanol–water partition coefficient (Wildman–Crippen LogP) is 2.16. The highest BCUT2D eigenvalue weighted by molar-refractivity contribution is 5.72. The van der Waals surface area contributed by atoms with Crippen molar-refractivity contribution in [3.63, 3.8) is 0 Å². The number of ether oxygens (including phenoxy) is 2. The van der Waals surface area contributed by atoms with Crippen LogP contribution in [0.3, 0.4) is 0 Å². The first-order chi connectivity index (χ1) is 9.45. The average molecular weight is 283 g/mol. The summed E-state index contributed by atoms with van der Waals surface area (Å²) in [5.74, 6) is -0.675. The lowest BCUT2D eigenvalue weighted by Crippen LogP contribution is -2.26. The number of aryl methyl sites for hydroxylation is 1. The van der Waals surface area contributed by atoms with Crippen LogP contribution in [0.1, 0.15) is 18.9 Å². The molecule has 0 aliphatic rings. The molecule has 0 bridgehead atoms. The zero-order chi connectivity index (χ0) is 15.1. The molecule has 0 saturated carbocycles. The zero-order valence-corrected chi connectivity index (χ0v) is 11.4. The number of carboxylic acid groups (broad SMARTS) is 1. The van der Waals surface area contributed by atoms with E-state index in [1.54, 1.807) is 19.9 Å². The third-order valence-electron chi connectivity index (χ3n) is 2.66. The second-order valence-electron chi connectivity index (χ2n) is 4.13. The summed E-state index contributed by atoms with van der Waals surface area (Å²) in [6, 6.07) is 4.30. The van der Waals surface area contributed by atoms with E-state index in [1.807, 2.05) is 0 Å². The minimum absolute atomic E-state index is 0.0646. The lowest BCUT2D eigenvalue weighted by Gasteiger charge is -2.13. The number of hydrogen-bond donors (Lipinski definition) is 1. The van der Waals surface area contributed by atoms with Crippen LogP contribution in [0.4, 0.5) is 5.69 Å². The van der Waals surface area contributed by atoms with Crippen molar-refractivity contribution < 1.29 is 24.3 Å². The highest BCUT2D eigenvalue weighted by atomic mass is 16.6. The Morgan fingerprint density at radius 1 is 1.50 bits per heavy atom. The predicted molar refractivity (Wildman–Crippen MR) is 71.0 cm³/mol. The van der Waals surface area contributed by atoms with E-state index >= 15 is 0 Å². The quantitative estimate of drug-likeness (QED) is 0.579. The van der Waals surface area contributed by atoms with Crippen LogP contribution in [0, 0.1) is 17.0 Å². The molecule has 0 fully saturated rings. The Hall–Kier alpha value is -2.15. The molecular formula is C13H17NO6. The first kappa shape index (κ1) is 15.9. The van der Waals surface area contributed by atoms with Crippen LogP contribution in [-0.4, -0.2) is 35.3 Å². The van der Waals surface area contributed by atoms with Crippen LogP contribution < -0.4 is 4.74 Å². The number of hydrogen-bond acceptors (Lipinski definition) is 5. The van der Waals surface area contributed by atoms with E-state index in [4.69, 9.17) is 14.6 Å². The maximum atomic E-state index is 10.9. The number of rotatable bonds is 8. The van der Waals surface area contributed by atoms with Gasteiger partial charge in [-0.2, -0.15) is 0 Å². The number of non-ortho nitro benzene ring substituents is 1. The lowest BCUT2D eigenvalue weighted by molar-refractivity contribution is -0.384. The molecule has 0 heterocycles. The van der Waals surface area contributed by atoms with Gasteiger partial charge in [0.05, 0.1) is 17.6 Å². The summed E-state index contributed by atoms with van der Waals surface area (Å²) in [6.07, 6.45) is -0.760. The minimum Gasteiger partial charge on any atom is -0.493 e. The third-order valence-corrected chi connectivity index (χ3v) is 2.66. The van der Waals surface area contributed by atoms with E-state index in [2.05, 4.69) is 0 Å². The van der Waals surface area contributed by atoms with Gasteiger partial charge < -0.3 is 14.6 Å². The third kappa shape index (κ3) is 4.51. The van der Waals surface area contributed by atoms with E-state index < -0.39 is 17.0 Å². The van der Waals surface area contributed by atoms with Crippen molar-refractivity contribution >= 4 is 11.7 Å².